The second-order valence-corrected chi connectivity index (χ2v) is 6.14. The van der Waals surface area contributed by atoms with E-state index in [1.54, 1.807) is 20.8 Å². The van der Waals surface area contributed by atoms with Crippen LogP contribution in [0.3, 0.4) is 0 Å². The highest BCUT2D eigenvalue weighted by Crippen LogP contribution is 2.24. The molecule has 0 spiro atoms. The van der Waals surface area contributed by atoms with Crippen LogP contribution in [-0.4, -0.2) is 57.5 Å². The minimum atomic E-state index is -1.13. The van der Waals surface area contributed by atoms with E-state index in [2.05, 4.69) is 15.6 Å². The van der Waals surface area contributed by atoms with E-state index in [9.17, 15) is 9.59 Å². The van der Waals surface area contributed by atoms with Gasteiger partial charge in [-0.25, -0.2) is 14.3 Å². The number of hydrogen-bond acceptors (Lipinski definition) is 6. The molecule has 122 valence electrons. The number of hydrogen-bond donors (Lipinski definition) is 2. The Hall–Kier alpha value is -2.16. The van der Waals surface area contributed by atoms with Crippen molar-refractivity contribution in [3.63, 3.8) is 0 Å². The maximum Gasteiger partial charge on any atom is 0.407 e. The Morgan fingerprint density at radius 1 is 1.50 bits per heavy atom. The number of aromatic carboxylic acids is 1. The van der Waals surface area contributed by atoms with E-state index in [1.807, 2.05) is 0 Å². The standard InChI is InChI=1S/C13H20N4O5/c1-13(2,3)22-12(20)14-4-8-6-21-7-10(8)17-5-9(11(18)19)15-16-17/h5,8,10H,4,6-7H2,1-3H3,(H,14,20)(H,18,19)/t8-,10-/m0/s1. The molecule has 2 atom stereocenters. The van der Waals surface area contributed by atoms with Crippen molar-refractivity contribution in [2.24, 2.45) is 5.92 Å². The van der Waals surface area contributed by atoms with Crippen molar-refractivity contribution in [2.45, 2.75) is 32.4 Å². The van der Waals surface area contributed by atoms with Crippen LogP contribution in [0.2, 0.25) is 0 Å². The molecule has 1 fully saturated rings. The summed E-state index contributed by atoms with van der Waals surface area (Å²) in [6.45, 7) is 6.55. The first-order chi connectivity index (χ1) is 10.3. The van der Waals surface area contributed by atoms with Crippen molar-refractivity contribution in [3.8, 4) is 0 Å². The van der Waals surface area contributed by atoms with E-state index in [-0.39, 0.29) is 17.7 Å². The SMILES string of the molecule is CC(C)(C)OC(=O)NC[C@H]1COC[C@@H]1n1cc(C(=O)O)nn1. The molecule has 0 radical (unpaired) electrons. The Labute approximate surface area is 127 Å². The van der Waals surface area contributed by atoms with E-state index >= 15 is 0 Å². The molecule has 9 nitrogen and oxygen atoms in total. The first-order valence-corrected chi connectivity index (χ1v) is 6.96. The number of carboxylic acids is 1. The predicted molar refractivity (Wildman–Crippen MR) is 74.6 cm³/mol. The third-order valence-corrected chi connectivity index (χ3v) is 3.14. The molecular formula is C13H20N4O5. The number of carbonyl (C=O) groups is 2. The molecule has 0 aliphatic carbocycles. The first kappa shape index (κ1) is 16.2. The monoisotopic (exact) mass is 312 g/mol. The van der Waals surface area contributed by atoms with E-state index in [0.717, 1.165) is 0 Å². The van der Waals surface area contributed by atoms with Crippen LogP contribution in [0.5, 0.6) is 0 Å². The number of carbonyl (C=O) groups excluding carboxylic acids is 1. The first-order valence-electron chi connectivity index (χ1n) is 6.96. The van der Waals surface area contributed by atoms with Gasteiger partial charge in [-0.15, -0.1) is 5.10 Å². The van der Waals surface area contributed by atoms with Gasteiger partial charge in [0.15, 0.2) is 5.69 Å². The van der Waals surface area contributed by atoms with Crippen molar-refractivity contribution in [2.75, 3.05) is 19.8 Å². The summed E-state index contributed by atoms with van der Waals surface area (Å²) in [5.74, 6) is -1.16. The summed E-state index contributed by atoms with van der Waals surface area (Å²) in [6.07, 6.45) is 0.866. The Morgan fingerprint density at radius 3 is 2.82 bits per heavy atom. The Bertz CT molecular complexity index is 551. The lowest BCUT2D eigenvalue weighted by Gasteiger charge is -2.22. The fraction of sp³-hybridized carbons (Fsp3) is 0.692. The van der Waals surface area contributed by atoms with Crippen molar-refractivity contribution in [3.05, 3.63) is 11.9 Å². The van der Waals surface area contributed by atoms with Crippen LogP contribution in [-0.2, 0) is 9.47 Å². The van der Waals surface area contributed by atoms with Gasteiger partial charge < -0.3 is 19.9 Å². The molecule has 0 aromatic carbocycles. The molecule has 9 heteroatoms. The summed E-state index contributed by atoms with van der Waals surface area (Å²) in [4.78, 5) is 22.5. The van der Waals surface area contributed by atoms with Crippen molar-refractivity contribution >= 4 is 12.1 Å². The highest BCUT2D eigenvalue weighted by atomic mass is 16.6. The minimum absolute atomic E-state index is 0.0316. The summed E-state index contributed by atoms with van der Waals surface area (Å²) in [6, 6.07) is -0.171. The topological polar surface area (TPSA) is 116 Å². The zero-order valence-electron chi connectivity index (χ0n) is 12.8. The predicted octanol–water partition coefficient (Wildman–Crippen LogP) is 0.688. The zero-order chi connectivity index (χ0) is 16.3. The number of amides is 1. The maximum atomic E-state index is 11.7. The number of rotatable bonds is 4. The van der Waals surface area contributed by atoms with Crippen LogP contribution in [0.25, 0.3) is 0 Å². The van der Waals surface area contributed by atoms with Gasteiger partial charge in [-0.1, -0.05) is 5.21 Å². The van der Waals surface area contributed by atoms with Gasteiger partial charge in [0, 0.05) is 12.5 Å². The number of nitrogens with one attached hydrogen (secondary N) is 1. The summed E-state index contributed by atoms with van der Waals surface area (Å²) >= 11 is 0. The molecule has 22 heavy (non-hydrogen) atoms. The third kappa shape index (κ3) is 4.17. The molecule has 2 heterocycles. The average Bonchev–Trinajstić information content (AvgIpc) is 3.02. The molecular weight excluding hydrogens is 292 g/mol. The lowest BCUT2D eigenvalue weighted by Crippen LogP contribution is -2.37. The Kier molecular flexibility index (Phi) is 4.65. The van der Waals surface area contributed by atoms with E-state index in [0.29, 0.717) is 19.8 Å². The van der Waals surface area contributed by atoms with Crippen LogP contribution in [0.4, 0.5) is 4.79 Å². The zero-order valence-corrected chi connectivity index (χ0v) is 12.8. The highest BCUT2D eigenvalue weighted by Gasteiger charge is 2.32. The normalized spacial score (nSPS) is 21.6. The fourth-order valence-corrected chi connectivity index (χ4v) is 2.14. The molecule has 1 aromatic rings. The molecule has 1 saturated heterocycles. The average molecular weight is 312 g/mol. The lowest BCUT2D eigenvalue weighted by atomic mass is 10.0. The van der Waals surface area contributed by atoms with Gasteiger partial charge in [-0.3, -0.25) is 0 Å². The minimum Gasteiger partial charge on any atom is -0.476 e. The summed E-state index contributed by atoms with van der Waals surface area (Å²) in [5, 5.41) is 19.0. The summed E-state index contributed by atoms with van der Waals surface area (Å²) in [5.41, 5.74) is -0.677. The second kappa shape index (κ2) is 6.30. The van der Waals surface area contributed by atoms with Gasteiger partial charge in [0.05, 0.1) is 25.5 Å². The maximum absolute atomic E-state index is 11.7. The molecule has 1 amide bonds. The largest absolute Gasteiger partial charge is 0.476 e. The number of ether oxygens (including phenoxy) is 2. The molecule has 1 aliphatic rings. The smallest absolute Gasteiger partial charge is 0.407 e. The van der Waals surface area contributed by atoms with Gasteiger partial charge in [0.2, 0.25) is 0 Å². The Morgan fingerprint density at radius 2 is 2.23 bits per heavy atom. The molecule has 2 N–H and O–H groups in total. The number of carboxylic acid groups (broad SMARTS) is 1. The Balaban J connectivity index is 1.93. The fourth-order valence-electron chi connectivity index (χ4n) is 2.14. The lowest BCUT2D eigenvalue weighted by molar-refractivity contribution is 0.0514. The van der Waals surface area contributed by atoms with Crippen LogP contribution in [0.15, 0.2) is 6.20 Å². The van der Waals surface area contributed by atoms with Crippen LogP contribution in [0, 0.1) is 5.92 Å². The van der Waals surface area contributed by atoms with Crippen molar-refractivity contribution in [1.29, 1.82) is 0 Å². The van der Waals surface area contributed by atoms with Gasteiger partial charge in [0.1, 0.15) is 5.60 Å². The second-order valence-electron chi connectivity index (χ2n) is 6.14. The van der Waals surface area contributed by atoms with Gasteiger partial charge in [-0.05, 0) is 20.8 Å². The van der Waals surface area contributed by atoms with Gasteiger partial charge >= 0.3 is 12.1 Å². The molecule has 0 saturated carbocycles. The van der Waals surface area contributed by atoms with Gasteiger partial charge in [-0.2, -0.15) is 0 Å². The summed E-state index contributed by atoms with van der Waals surface area (Å²) in [7, 11) is 0. The van der Waals surface area contributed by atoms with E-state index in [4.69, 9.17) is 14.6 Å². The number of aromatic nitrogens is 3. The van der Waals surface area contributed by atoms with Crippen molar-refractivity contribution in [1.82, 2.24) is 20.3 Å². The number of nitrogens with zero attached hydrogens (tertiary/aromatic N) is 3. The van der Waals surface area contributed by atoms with Crippen LogP contribution in [0.1, 0.15) is 37.3 Å². The quantitative estimate of drug-likeness (QED) is 0.840. The summed E-state index contributed by atoms with van der Waals surface area (Å²) < 4.78 is 12.0. The van der Waals surface area contributed by atoms with Crippen LogP contribution < -0.4 is 5.32 Å². The van der Waals surface area contributed by atoms with Crippen molar-refractivity contribution < 1.29 is 24.2 Å². The molecule has 1 aliphatic heterocycles. The molecule has 2 rings (SSSR count). The van der Waals surface area contributed by atoms with Crippen LogP contribution >= 0.6 is 0 Å². The van der Waals surface area contributed by atoms with Gasteiger partial charge in [0.25, 0.3) is 0 Å². The molecule has 1 aromatic heterocycles. The number of alkyl carbamates (subject to hydrolysis) is 1. The molecule has 0 bridgehead atoms. The van der Waals surface area contributed by atoms with E-state index < -0.39 is 17.7 Å². The molecule has 0 unspecified atom stereocenters. The third-order valence-electron chi connectivity index (χ3n) is 3.14. The highest BCUT2D eigenvalue weighted by molar-refractivity contribution is 5.84. The van der Waals surface area contributed by atoms with E-state index in [1.165, 1.54) is 10.9 Å².